The summed E-state index contributed by atoms with van der Waals surface area (Å²) in [5, 5.41) is 12.0. The number of benzene rings is 1. The van der Waals surface area contributed by atoms with E-state index in [9.17, 15) is 9.90 Å². The molecule has 0 atom stereocenters. The minimum absolute atomic E-state index is 0.0878. The first-order valence-corrected chi connectivity index (χ1v) is 6.14. The Bertz CT molecular complexity index is 489. The molecule has 1 aromatic carbocycles. The molecule has 5 nitrogen and oxygen atoms in total. The third-order valence-electron chi connectivity index (χ3n) is 2.49. The summed E-state index contributed by atoms with van der Waals surface area (Å²) >= 11 is 0. The van der Waals surface area contributed by atoms with Gasteiger partial charge in [0.05, 0.1) is 13.2 Å². The van der Waals surface area contributed by atoms with Crippen molar-refractivity contribution in [1.82, 2.24) is 0 Å². The zero-order valence-electron chi connectivity index (χ0n) is 10.8. The summed E-state index contributed by atoms with van der Waals surface area (Å²) in [5.41, 5.74) is 12.7. The van der Waals surface area contributed by atoms with Gasteiger partial charge < -0.3 is 21.9 Å². The fourth-order valence-corrected chi connectivity index (χ4v) is 1.56. The van der Waals surface area contributed by atoms with Crippen molar-refractivity contribution in [2.45, 2.75) is 19.4 Å². The number of nitrogens with one attached hydrogen (secondary N) is 1. The summed E-state index contributed by atoms with van der Waals surface area (Å²) in [5.74, 6) is 5.52. The van der Waals surface area contributed by atoms with Gasteiger partial charge >= 0.3 is 0 Å². The van der Waals surface area contributed by atoms with E-state index in [4.69, 9.17) is 11.5 Å². The Kier molecular flexibility index (Phi) is 6.61. The minimum atomic E-state index is -0.138. The van der Waals surface area contributed by atoms with Crippen LogP contribution in [0.3, 0.4) is 0 Å². The Balaban J connectivity index is 2.79. The van der Waals surface area contributed by atoms with E-state index in [0.29, 0.717) is 36.2 Å². The van der Waals surface area contributed by atoms with Crippen LogP contribution < -0.4 is 16.8 Å². The highest BCUT2D eigenvalue weighted by Gasteiger charge is 2.05. The highest BCUT2D eigenvalue weighted by Crippen LogP contribution is 2.16. The van der Waals surface area contributed by atoms with Crippen LogP contribution in [0.1, 0.15) is 24.0 Å². The van der Waals surface area contributed by atoms with Crippen LogP contribution in [0.4, 0.5) is 5.69 Å². The predicted molar refractivity (Wildman–Crippen MR) is 75.2 cm³/mol. The molecule has 0 bridgehead atoms. The highest BCUT2D eigenvalue weighted by molar-refractivity contribution is 5.90. The predicted octanol–water partition coefficient (Wildman–Crippen LogP) is 0.167. The first-order chi connectivity index (χ1) is 9.21. The molecule has 0 saturated carbocycles. The Hall–Kier alpha value is -1.87. The molecule has 0 unspecified atom stereocenters. The molecule has 0 saturated heterocycles. The number of hydrogen-bond acceptors (Lipinski definition) is 4. The molecule has 6 N–H and O–H groups in total. The third kappa shape index (κ3) is 5.10. The summed E-state index contributed by atoms with van der Waals surface area (Å²) in [7, 11) is 0. The van der Waals surface area contributed by atoms with Gasteiger partial charge in [0.1, 0.15) is 0 Å². The monoisotopic (exact) mass is 261 g/mol. The third-order valence-corrected chi connectivity index (χ3v) is 2.49. The topological polar surface area (TPSA) is 101 Å². The largest absolute Gasteiger partial charge is 0.392 e. The molecular formula is C14H19N3O2. The zero-order valence-corrected chi connectivity index (χ0v) is 10.8. The lowest BCUT2D eigenvalue weighted by Gasteiger charge is -2.08. The number of nitrogens with two attached hydrogens (primary N) is 2. The summed E-state index contributed by atoms with van der Waals surface area (Å²) < 4.78 is 0. The van der Waals surface area contributed by atoms with Crippen molar-refractivity contribution in [2.24, 2.45) is 11.5 Å². The fraction of sp³-hybridized carbons (Fsp3) is 0.357. The van der Waals surface area contributed by atoms with Crippen molar-refractivity contribution >= 4 is 11.6 Å². The molecule has 102 valence electrons. The van der Waals surface area contributed by atoms with Crippen LogP contribution >= 0.6 is 0 Å². The average Bonchev–Trinajstić information content (AvgIpc) is 2.43. The first kappa shape index (κ1) is 15.2. The number of hydrogen-bond donors (Lipinski definition) is 4. The van der Waals surface area contributed by atoms with Gasteiger partial charge in [0.2, 0.25) is 5.91 Å². The van der Waals surface area contributed by atoms with Gasteiger partial charge in [-0.25, -0.2) is 0 Å². The van der Waals surface area contributed by atoms with E-state index in [2.05, 4.69) is 17.2 Å². The lowest BCUT2D eigenvalue weighted by molar-refractivity contribution is -0.116. The quantitative estimate of drug-likeness (QED) is 0.567. The molecule has 0 aliphatic rings. The normalized spacial score (nSPS) is 9.63. The van der Waals surface area contributed by atoms with E-state index in [1.165, 1.54) is 0 Å². The van der Waals surface area contributed by atoms with E-state index < -0.39 is 0 Å². The minimum Gasteiger partial charge on any atom is -0.392 e. The lowest BCUT2D eigenvalue weighted by Crippen LogP contribution is -2.13. The summed E-state index contributed by atoms with van der Waals surface area (Å²) in [6.45, 7) is 0.618. The van der Waals surface area contributed by atoms with E-state index in [1.54, 1.807) is 18.2 Å². The second-order valence-electron chi connectivity index (χ2n) is 3.98. The number of rotatable bonds is 5. The highest BCUT2D eigenvalue weighted by atomic mass is 16.3. The molecule has 1 amide bonds. The molecule has 0 aliphatic carbocycles. The van der Waals surface area contributed by atoms with Gasteiger partial charge in [0, 0.05) is 17.7 Å². The number of carbonyl (C=O) groups is 1. The van der Waals surface area contributed by atoms with Crippen molar-refractivity contribution in [2.75, 3.05) is 18.4 Å². The molecule has 0 aliphatic heterocycles. The fourth-order valence-electron chi connectivity index (χ4n) is 1.56. The summed E-state index contributed by atoms with van der Waals surface area (Å²) in [6, 6.07) is 5.22. The Labute approximate surface area is 113 Å². The molecule has 19 heavy (non-hydrogen) atoms. The van der Waals surface area contributed by atoms with Gasteiger partial charge in [-0.3, -0.25) is 4.79 Å². The molecule has 1 rings (SSSR count). The molecule has 0 heterocycles. The van der Waals surface area contributed by atoms with Gasteiger partial charge in [-0.1, -0.05) is 11.8 Å². The number of aliphatic hydroxyl groups excluding tert-OH is 1. The second kappa shape index (κ2) is 8.27. The van der Waals surface area contributed by atoms with Crippen molar-refractivity contribution < 1.29 is 9.90 Å². The maximum atomic E-state index is 11.6. The molecule has 0 aromatic heterocycles. The Morgan fingerprint density at radius 1 is 1.37 bits per heavy atom. The van der Waals surface area contributed by atoms with E-state index in [1.807, 2.05) is 0 Å². The number of carbonyl (C=O) groups excluding carboxylic acids is 1. The zero-order chi connectivity index (χ0) is 14.1. The van der Waals surface area contributed by atoms with Crippen LogP contribution in [0.5, 0.6) is 0 Å². The number of anilines is 1. The van der Waals surface area contributed by atoms with Crippen LogP contribution in [0.25, 0.3) is 0 Å². The average molecular weight is 261 g/mol. The molecule has 0 fully saturated rings. The van der Waals surface area contributed by atoms with Gasteiger partial charge in [-0.05, 0) is 36.7 Å². The maximum absolute atomic E-state index is 11.6. The van der Waals surface area contributed by atoms with Crippen LogP contribution in [0, 0.1) is 11.8 Å². The van der Waals surface area contributed by atoms with E-state index >= 15 is 0 Å². The second-order valence-corrected chi connectivity index (χ2v) is 3.98. The molecule has 0 spiro atoms. The molecule has 5 heteroatoms. The van der Waals surface area contributed by atoms with Crippen molar-refractivity contribution in [1.29, 1.82) is 0 Å². The molecular weight excluding hydrogens is 242 g/mol. The van der Waals surface area contributed by atoms with E-state index in [0.717, 1.165) is 0 Å². The van der Waals surface area contributed by atoms with Crippen LogP contribution in [0.15, 0.2) is 18.2 Å². The first-order valence-electron chi connectivity index (χ1n) is 6.14. The molecule has 0 radical (unpaired) electrons. The summed E-state index contributed by atoms with van der Waals surface area (Å²) in [4.78, 5) is 11.6. The maximum Gasteiger partial charge on any atom is 0.224 e. The van der Waals surface area contributed by atoms with Crippen LogP contribution in [0.2, 0.25) is 0 Å². The van der Waals surface area contributed by atoms with Crippen molar-refractivity contribution in [3.8, 4) is 11.8 Å². The van der Waals surface area contributed by atoms with Crippen LogP contribution in [-0.2, 0) is 11.4 Å². The Morgan fingerprint density at radius 3 is 2.79 bits per heavy atom. The van der Waals surface area contributed by atoms with Gasteiger partial charge in [-0.15, -0.1) is 0 Å². The Morgan fingerprint density at radius 2 is 2.16 bits per heavy atom. The summed E-state index contributed by atoms with van der Waals surface area (Å²) in [6.07, 6.45) is 1.04. The van der Waals surface area contributed by atoms with Crippen molar-refractivity contribution in [3.63, 3.8) is 0 Å². The number of amides is 1. The molecule has 1 aromatic rings. The van der Waals surface area contributed by atoms with Crippen molar-refractivity contribution in [3.05, 3.63) is 29.3 Å². The standard InChI is InChI=1S/C14H19N3O2/c15-7-1-3-11-5-6-13(9-12(11)10-18)17-14(19)4-2-8-16/h5-6,9,18H,2,4,7-8,10,15-16H2,(H,17,19). The lowest BCUT2D eigenvalue weighted by atomic mass is 10.1. The smallest absolute Gasteiger partial charge is 0.224 e. The van der Waals surface area contributed by atoms with Gasteiger partial charge in [0.25, 0.3) is 0 Å². The SMILES string of the molecule is NCC#Cc1ccc(NC(=O)CCCN)cc1CO. The van der Waals surface area contributed by atoms with Crippen LogP contribution in [-0.4, -0.2) is 24.1 Å². The van der Waals surface area contributed by atoms with Gasteiger partial charge in [0.15, 0.2) is 0 Å². The van der Waals surface area contributed by atoms with Gasteiger partial charge in [-0.2, -0.15) is 0 Å². The van der Waals surface area contributed by atoms with E-state index in [-0.39, 0.29) is 19.1 Å². The number of aliphatic hydroxyl groups is 1.